The topological polar surface area (TPSA) is 85.8 Å². The Labute approximate surface area is 134 Å². The van der Waals surface area contributed by atoms with Crippen molar-refractivity contribution in [3.8, 4) is 11.5 Å². The van der Waals surface area contributed by atoms with Crippen LogP contribution >= 0.6 is 0 Å². The first-order valence-corrected chi connectivity index (χ1v) is 7.31. The molecule has 0 saturated heterocycles. The predicted molar refractivity (Wildman–Crippen MR) is 87.0 cm³/mol. The highest BCUT2D eigenvalue weighted by molar-refractivity contribution is 6.03. The van der Waals surface area contributed by atoms with E-state index >= 15 is 0 Å². The molecule has 23 heavy (non-hydrogen) atoms. The van der Waals surface area contributed by atoms with Crippen LogP contribution in [-0.4, -0.2) is 25.7 Å². The van der Waals surface area contributed by atoms with E-state index in [4.69, 9.17) is 4.42 Å². The van der Waals surface area contributed by atoms with Crippen molar-refractivity contribution in [2.75, 3.05) is 5.32 Å². The van der Waals surface area contributed by atoms with E-state index in [1.165, 1.54) is 6.26 Å². The second-order valence-electron chi connectivity index (χ2n) is 4.53. The van der Waals surface area contributed by atoms with E-state index in [0.717, 1.165) is 11.3 Å². The molecule has 0 radical (unpaired) electrons. The Hall–Kier alpha value is -2.96. The molecule has 0 aliphatic carbocycles. The van der Waals surface area contributed by atoms with Crippen molar-refractivity contribution >= 4 is 11.6 Å². The maximum atomic E-state index is 12.1. The Balaban J connectivity index is 0.000000924. The van der Waals surface area contributed by atoms with Gasteiger partial charge < -0.3 is 9.73 Å². The van der Waals surface area contributed by atoms with Crippen LogP contribution in [0.25, 0.3) is 11.5 Å². The summed E-state index contributed by atoms with van der Waals surface area (Å²) in [6.45, 7) is 5.82. The zero-order valence-electron chi connectivity index (χ0n) is 13.6. The third-order valence-corrected chi connectivity index (χ3v) is 2.93. The number of aryl methyl sites for hydroxylation is 2. The summed E-state index contributed by atoms with van der Waals surface area (Å²) in [6.07, 6.45) is 6.34. The van der Waals surface area contributed by atoms with Crippen LogP contribution in [0.2, 0.25) is 0 Å². The minimum Gasteiger partial charge on any atom is -0.444 e. The molecular weight excluding hydrogens is 294 g/mol. The summed E-state index contributed by atoms with van der Waals surface area (Å²) in [5.74, 6) is 0.0422. The molecule has 0 aliphatic rings. The molecule has 3 rings (SSSR count). The fourth-order valence-electron chi connectivity index (χ4n) is 1.91. The summed E-state index contributed by atoms with van der Waals surface area (Å²) < 4.78 is 6.96. The number of amides is 1. The number of rotatable bonds is 3. The van der Waals surface area contributed by atoms with Crippen molar-refractivity contribution in [2.24, 2.45) is 7.05 Å². The summed E-state index contributed by atoms with van der Waals surface area (Å²) >= 11 is 0. The Morgan fingerprint density at radius 3 is 2.57 bits per heavy atom. The van der Waals surface area contributed by atoms with Crippen molar-refractivity contribution in [1.29, 1.82) is 0 Å². The molecular formula is C16H19N5O2. The first kappa shape index (κ1) is 16.4. The number of oxazole rings is 1. The summed E-state index contributed by atoms with van der Waals surface area (Å²) in [7, 11) is 1.79. The van der Waals surface area contributed by atoms with E-state index in [1.807, 2.05) is 20.8 Å². The van der Waals surface area contributed by atoms with Crippen molar-refractivity contribution in [1.82, 2.24) is 19.7 Å². The molecule has 0 aromatic carbocycles. The van der Waals surface area contributed by atoms with Crippen LogP contribution in [0.1, 0.15) is 30.0 Å². The average molecular weight is 313 g/mol. The number of carbonyl (C=O) groups excluding carboxylic acids is 1. The van der Waals surface area contributed by atoms with Crippen LogP contribution < -0.4 is 5.32 Å². The van der Waals surface area contributed by atoms with E-state index in [1.54, 1.807) is 42.5 Å². The van der Waals surface area contributed by atoms with E-state index in [-0.39, 0.29) is 11.6 Å². The summed E-state index contributed by atoms with van der Waals surface area (Å²) in [5.41, 5.74) is 2.37. The van der Waals surface area contributed by atoms with Gasteiger partial charge in [0.15, 0.2) is 5.69 Å². The highest BCUT2D eigenvalue weighted by Crippen LogP contribution is 2.18. The average Bonchev–Trinajstić information content (AvgIpc) is 3.17. The fraction of sp³-hybridized carbons (Fsp3) is 0.250. The van der Waals surface area contributed by atoms with E-state index < -0.39 is 0 Å². The van der Waals surface area contributed by atoms with Crippen LogP contribution in [0, 0.1) is 6.92 Å². The standard InChI is InChI=1S/C14H13N5O2.C2H6/c1-9-11(7-19(2)18-9)16-13(20)12-8-21-14(17-12)10-3-5-15-6-4-10;1-2/h3-8H,1-2H3,(H,16,20);1-2H3. The smallest absolute Gasteiger partial charge is 0.277 e. The molecule has 1 amide bonds. The second kappa shape index (κ2) is 7.35. The maximum absolute atomic E-state index is 12.1. The lowest BCUT2D eigenvalue weighted by molar-refractivity contribution is 0.102. The highest BCUT2D eigenvalue weighted by atomic mass is 16.3. The number of anilines is 1. The summed E-state index contributed by atoms with van der Waals surface area (Å²) in [4.78, 5) is 20.2. The van der Waals surface area contributed by atoms with Gasteiger partial charge in [-0.2, -0.15) is 5.10 Å². The van der Waals surface area contributed by atoms with Crippen molar-refractivity contribution in [2.45, 2.75) is 20.8 Å². The van der Waals surface area contributed by atoms with Crippen LogP contribution in [-0.2, 0) is 7.05 Å². The molecule has 0 spiro atoms. The van der Waals surface area contributed by atoms with Crippen molar-refractivity contribution < 1.29 is 9.21 Å². The first-order chi connectivity index (χ1) is 11.1. The molecule has 0 bridgehead atoms. The third-order valence-electron chi connectivity index (χ3n) is 2.93. The van der Waals surface area contributed by atoms with Gasteiger partial charge in [-0.1, -0.05) is 13.8 Å². The minimum absolute atomic E-state index is 0.213. The number of pyridine rings is 1. The minimum atomic E-state index is -0.338. The van der Waals surface area contributed by atoms with Gasteiger partial charge >= 0.3 is 0 Å². The highest BCUT2D eigenvalue weighted by Gasteiger charge is 2.15. The Morgan fingerprint density at radius 1 is 1.26 bits per heavy atom. The molecule has 3 aromatic heterocycles. The molecule has 0 aliphatic heterocycles. The van der Waals surface area contributed by atoms with Gasteiger partial charge in [0.2, 0.25) is 5.89 Å². The quantitative estimate of drug-likeness (QED) is 0.803. The Morgan fingerprint density at radius 2 is 1.96 bits per heavy atom. The van der Waals surface area contributed by atoms with Gasteiger partial charge in [-0.3, -0.25) is 14.5 Å². The van der Waals surface area contributed by atoms with Gasteiger partial charge in [-0.15, -0.1) is 0 Å². The summed E-state index contributed by atoms with van der Waals surface area (Å²) in [5, 5.41) is 6.92. The Kier molecular flexibility index (Phi) is 5.24. The number of hydrogen-bond acceptors (Lipinski definition) is 5. The predicted octanol–water partition coefficient (Wildman–Crippen LogP) is 3.06. The lowest BCUT2D eigenvalue weighted by Gasteiger charge is -1.99. The maximum Gasteiger partial charge on any atom is 0.277 e. The van der Waals surface area contributed by atoms with E-state index in [9.17, 15) is 4.79 Å². The van der Waals surface area contributed by atoms with Gasteiger partial charge in [0.05, 0.1) is 11.4 Å². The third kappa shape index (κ3) is 3.82. The molecule has 7 heteroatoms. The lowest BCUT2D eigenvalue weighted by atomic mass is 10.3. The van der Waals surface area contributed by atoms with Gasteiger partial charge in [0.25, 0.3) is 5.91 Å². The molecule has 3 aromatic rings. The molecule has 1 N–H and O–H groups in total. The number of aromatic nitrogens is 4. The van der Waals surface area contributed by atoms with Crippen molar-refractivity contribution in [3.63, 3.8) is 0 Å². The monoisotopic (exact) mass is 313 g/mol. The van der Waals surface area contributed by atoms with Crippen molar-refractivity contribution in [3.05, 3.63) is 48.4 Å². The fourth-order valence-corrected chi connectivity index (χ4v) is 1.91. The van der Waals surface area contributed by atoms with Crippen LogP contribution in [0.3, 0.4) is 0 Å². The van der Waals surface area contributed by atoms with Gasteiger partial charge in [0.1, 0.15) is 6.26 Å². The molecule has 0 atom stereocenters. The lowest BCUT2D eigenvalue weighted by Crippen LogP contribution is -2.12. The largest absolute Gasteiger partial charge is 0.444 e. The van der Waals surface area contributed by atoms with E-state index in [2.05, 4.69) is 20.4 Å². The van der Waals surface area contributed by atoms with Crippen LogP contribution in [0.4, 0.5) is 5.69 Å². The SMILES string of the molecule is CC.Cc1nn(C)cc1NC(=O)c1coc(-c2ccncc2)n1. The number of hydrogen-bond donors (Lipinski definition) is 1. The molecule has 7 nitrogen and oxygen atoms in total. The van der Waals surface area contributed by atoms with E-state index in [0.29, 0.717) is 11.6 Å². The first-order valence-electron chi connectivity index (χ1n) is 7.31. The molecule has 120 valence electrons. The van der Waals surface area contributed by atoms with Crippen LogP contribution in [0.5, 0.6) is 0 Å². The molecule has 3 heterocycles. The van der Waals surface area contributed by atoms with Gasteiger partial charge in [0, 0.05) is 31.2 Å². The molecule has 0 fully saturated rings. The van der Waals surface area contributed by atoms with Gasteiger partial charge in [-0.25, -0.2) is 4.98 Å². The Bertz CT molecular complexity index is 777. The number of carbonyl (C=O) groups is 1. The number of nitrogens with zero attached hydrogens (tertiary/aromatic N) is 4. The molecule has 0 saturated carbocycles. The zero-order chi connectivity index (χ0) is 16.8. The van der Waals surface area contributed by atoms with Gasteiger partial charge in [-0.05, 0) is 19.1 Å². The number of nitrogens with one attached hydrogen (secondary N) is 1. The van der Waals surface area contributed by atoms with Crippen LogP contribution in [0.15, 0.2) is 41.4 Å². The normalized spacial score (nSPS) is 9.91. The zero-order valence-corrected chi connectivity index (χ0v) is 13.6. The molecule has 0 unspecified atom stereocenters. The summed E-state index contributed by atoms with van der Waals surface area (Å²) in [6, 6.07) is 3.53. The second-order valence-corrected chi connectivity index (χ2v) is 4.53.